The number of carbonyl (C=O) groups is 2. The first-order chi connectivity index (χ1) is 16.9. The number of halogens is 1. The number of aliphatic imine (C=N–C) groups is 1. The van der Waals surface area contributed by atoms with E-state index in [0.29, 0.717) is 40.3 Å². The SMILES string of the molecule is CCOC(=O)c1ccc(N=C2S/C(=C\c3ccccc3OCc3ccc(Br)cc3)C(=O)N2C)cc1. The topological polar surface area (TPSA) is 68.2 Å². The zero-order chi connectivity index (χ0) is 24.8. The minimum atomic E-state index is -0.375. The van der Waals surface area contributed by atoms with E-state index < -0.39 is 0 Å². The fraction of sp³-hybridized carbons (Fsp3) is 0.148. The van der Waals surface area contributed by atoms with Crippen LogP contribution in [0.1, 0.15) is 28.4 Å². The molecule has 6 nitrogen and oxygen atoms in total. The summed E-state index contributed by atoms with van der Waals surface area (Å²) in [7, 11) is 1.69. The lowest BCUT2D eigenvalue weighted by Gasteiger charge is -2.10. The van der Waals surface area contributed by atoms with Crippen LogP contribution in [0, 0.1) is 0 Å². The Hall–Kier alpha value is -3.36. The Morgan fingerprint density at radius 2 is 1.77 bits per heavy atom. The van der Waals surface area contributed by atoms with Gasteiger partial charge in [-0.2, -0.15) is 0 Å². The Labute approximate surface area is 216 Å². The second-order valence-electron chi connectivity index (χ2n) is 7.59. The number of carbonyl (C=O) groups excluding carboxylic acids is 2. The standard InChI is InChI=1S/C27H23BrN2O4S/c1-3-33-26(32)19-10-14-22(15-11-19)29-27-30(2)25(31)24(35-27)16-20-6-4-5-7-23(20)34-17-18-8-12-21(28)13-9-18/h4-16H,3,17H2,1-2H3/b24-16-,29-27?. The van der Waals surface area contributed by atoms with E-state index in [9.17, 15) is 9.59 Å². The van der Waals surface area contributed by atoms with Gasteiger partial charge in [0.2, 0.25) is 0 Å². The lowest BCUT2D eigenvalue weighted by molar-refractivity contribution is -0.121. The van der Waals surface area contributed by atoms with Crippen molar-refractivity contribution in [3.8, 4) is 5.75 Å². The molecule has 1 saturated heterocycles. The molecule has 0 atom stereocenters. The van der Waals surface area contributed by atoms with Crippen molar-refractivity contribution in [1.82, 2.24) is 4.90 Å². The zero-order valence-electron chi connectivity index (χ0n) is 19.2. The first-order valence-electron chi connectivity index (χ1n) is 10.9. The molecule has 1 fully saturated rings. The number of ether oxygens (including phenoxy) is 2. The summed E-state index contributed by atoms with van der Waals surface area (Å²) < 4.78 is 12.1. The van der Waals surface area contributed by atoms with Crippen molar-refractivity contribution in [1.29, 1.82) is 0 Å². The highest BCUT2D eigenvalue weighted by atomic mass is 79.9. The van der Waals surface area contributed by atoms with Gasteiger partial charge in [-0.1, -0.05) is 46.3 Å². The minimum absolute atomic E-state index is 0.139. The van der Waals surface area contributed by atoms with E-state index in [2.05, 4.69) is 20.9 Å². The molecule has 178 valence electrons. The number of nitrogens with zero attached hydrogens (tertiary/aromatic N) is 2. The molecular weight excluding hydrogens is 528 g/mol. The summed E-state index contributed by atoms with van der Waals surface area (Å²) >= 11 is 4.73. The van der Waals surface area contributed by atoms with Gasteiger partial charge in [0.15, 0.2) is 5.17 Å². The maximum absolute atomic E-state index is 12.9. The molecular formula is C27H23BrN2O4S. The molecule has 0 aromatic heterocycles. The van der Waals surface area contributed by atoms with Crippen molar-refractivity contribution in [2.45, 2.75) is 13.5 Å². The smallest absolute Gasteiger partial charge is 0.338 e. The molecule has 0 N–H and O–H groups in total. The molecule has 1 heterocycles. The third-order valence-electron chi connectivity index (χ3n) is 5.12. The predicted octanol–water partition coefficient (Wildman–Crippen LogP) is 6.44. The van der Waals surface area contributed by atoms with E-state index in [1.165, 1.54) is 16.7 Å². The van der Waals surface area contributed by atoms with Crippen molar-refractivity contribution in [2.75, 3.05) is 13.7 Å². The van der Waals surface area contributed by atoms with Gasteiger partial charge in [0.1, 0.15) is 12.4 Å². The summed E-state index contributed by atoms with van der Waals surface area (Å²) in [6, 6.07) is 22.3. The maximum Gasteiger partial charge on any atom is 0.338 e. The van der Waals surface area contributed by atoms with Crippen molar-refractivity contribution >= 4 is 56.5 Å². The highest BCUT2D eigenvalue weighted by molar-refractivity contribution is 9.10. The van der Waals surface area contributed by atoms with Gasteiger partial charge in [0, 0.05) is 17.1 Å². The third-order valence-corrected chi connectivity index (χ3v) is 6.71. The molecule has 0 unspecified atom stereocenters. The summed E-state index contributed by atoms with van der Waals surface area (Å²) in [4.78, 5) is 31.4. The second-order valence-corrected chi connectivity index (χ2v) is 9.51. The van der Waals surface area contributed by atoms with Crippen LogP contribution in [0.4, 0.5) is 5.69 Å². The average molecular weight is 551 g/mol. The molecule has 1 aliphatic heterocycles. The number of rotatable bonds is 7. The Bertz CT molecular complexity index is 1290. The Balaban J connectivity index is 1.51. The van der Waals surface area contributed by atoms with Crippen LogP contribution in [-0.4, -0.2) is 35.6 Å². The molecule has 3 aromatic carbocycles. The van der Waals surface area contributed by atoms with Crippen LogP contribution in [0.2, 0.25) is 0 Å². The number of esters is 1. The molecule has 0 radical (unpaired) electrons. The van der Waals surface area contributed by atoms with E-state index >= 15 is 0 Å². The van der Waals surface area contributed by atoms with Crippen LogP contribution in [0.3, 0.4) is 0 Å². The number of likely N-dealkylation sites (N-methyl/N-ethyl adjacent to an activating group) is 1. The van der Waals surface area contributed by atoms with Crippen molar-refractivity contribution < 1.29 is 19.1 Å². The highest BCUT2D eigenvalue weighted by Crippen LogP contribution is 2.35. The molecule has 8 heteroatoms. The first kappa shape index (κ1) is 24.8. The highest BCUT2D eigenvalue weighted by Gasteiger charge is 2.30. The van der Waals surface area contributed by atoms with Gasteiger partial charge in [0.05, 0.1) is 22.8 Å². The van der Waals surface area contributed by atoms with Gasteiger partial charge in [-0.25, -0.2) is 9.79 Å². The number of amidine groups is 1. The largest absolute Gasteiger partial charge is 0.488 e. The lowest BCUT2D eigenvalue weighted by atomic mass is 10.2. The van der Waals surface area contributed by atoms with Gasteiger partial charge in [-0.3, -0.25) is 9.69 Å². The van der Waals surface area contributed by atoms with Crippen LogP contribution < -0.4 is 4.74 Å². The van der Waals surface area contributed by atoms with Crippen molar-refractivity contribution in [2.24, 2.45) is 4.99 Å². The molecule has 1 amide bonds. The summed E-state index contributed by atoms with van der Waals surface area (Å²) in [5.41, 5.74) is 2.96. The number of para-hydroxylation sites is 1. The zero-order valence-corrected chi connectivity index (χ0v) is 21.6. The molecule has 3 aromatic rings. The van der Waals surface area contributed by atoms with E-state index in [0.717, 1.165) is 15.6 Å². The molecule has 0 spiro atoms. The maximum atomic E-state index is 12.9. The number of amides is 1. The van der Waals surface area contributed by atoms with Gasteiger partial charge in [-0.05, 0) is 72.8 Å². The first-order valence-corrected chi connectivity index (χ1v) is 12.6. The molecule has 1 aliphatic rings. The summed E-state index contributed by atoms with van der Waals surface area (Å²) in [6.45, 7) is 2.50. The number of hydrogen-bond donors (Lipinski definition) is 0. The van der Waals surface area contributed by atoms with Crippen LogP contribution in [-0.2, 0) is 16.1 Å². The molecule has 0 aliphatic carbocycles. The van der Waals surface area contributed by atoms with E-state index in [4.69, 9.17) is 9.47 Å². The molecule has 0 bridgehead atoms. The third kappa shape index (κ3) is 6.21. The predicted molar refractivity (Wildman–Crippen MR) is 143 cm³/mol. The summed E-state index contributed by atoms with van der Waals surface area (Å²) in [5, 5.41) is 0.554. The Kier molecular flexibility index (Phi) is 8.05. The molecule has 4 rings (SSSR count). The van der Waals surface area contributed by atoms with Crippen molar-refractivity contribution in [3.63, 3.8) is 0 Å². The van der Waals surface area contributed by atoms with E-state index in [1.54, 1.807) is 38.2 Å². The van der Waals surface area contributed by atoms with Crippen molar-refractivity contribution in [3.05, 3.63) is 98.9 Å². The van der Waals surface area contributed by atoms with E-state index in [-0.39, 0.29) is 11.9 Å². The fourth-order valence-electron chi connectivity index (χ4n) is 3.26. The van der Waals surface area contributed by atoms with E-state index in [1.807, 2.05) is 54.6 Å². The van der Waals surface area contributed by atoms with Gasteiger partial charge in [-0.15, -0.1) is 0 Å². The Morgan fingerprint density at radius 3 is 2.49 bits per heavy atom. The van der Waals surface area contributed by atoms with Gasteiger partial charge in [0.25, 0.3) is 5.91 Å². The minimum Gasteiger partial charge on any atom is -0.488 e. The lowest BCUT2D eigenvalue weighted by Crippen LogP contribution is -2.23. The normalized spacial score (nSPS) is 15.6. The Morgan fingerprint density at radius 1 is 1.06 bits per heavy atom. The molecule has 35 heavy (non-hydrogen) atoms. The summed E-state index contributed by atoms with van der Waals surface area (Å²) in [5.74, 6) is 0.180. The van der Waals surface area contributed by atoms with Gasteiger partial charge < -0.3 is 9.47 Å². The molecule has 0 saturated carbocycles. The number of benzene rings is 3. The van der Waals surface area contributed by atoms with Gasteiger partial charge >= 0.3 is 5.97 Å². The average Bonchev–Trinajstić information content (AvgIpc) is 3.12. The van der Waals surface area contributed by atoms with Crippen LogP contribution >= 0.6 is 27.7 Å². The quantitative estimate of drug-likeness (QED) is 0.250. The summed E-state index contributed by atoms with van der Waals surface area (Å²) in [6.07, 6.45) is 1.83. The second kappa shape index (κ2) is 11.4. The number of thioether (sulfide) groups is 1. The number of hydrogen-bond acceptors (Lipinski definition) is 6. The van der Waals surface area contributed by atoms with Crippen LogP contribution in [0.25, 0.3) is 6.08 Å². The monoisotopic (exact) mass is 550 g/mol. The fourth-order valence-corrected chi connectivity index (χ4v) is 4.50. The van der Waals surface area contributed by atoms with Crippen LogP contribution in [0.5, 0.6) is 5.75 Å². The van der Waals surface area contributed by atoms with Crippen LogP contribution in [0.15, 0.2) is 87.2 Å².